The summed E-state index contributed by atoms with van der Waals surface area (Å²) in [5.74, 6) is 0.685. The third kappa shape index (κ3) is 7.32. The highest BCUT2D eigenvalue weighted by Crippen LogP contribution is 2.26. The minimum Gasteiger partial charge on any atom is -0.483 e. The van der Waals surface area contributed by atoms with Crippen molar-refractivity contribution in [1.82, 2.24) is 10.2 Å². The van der Waals surface area contributed by atoms with Gasteiger partial charge in [0.25, 0.3) is 5.91 Å². The fourth-order valence-electron chi connectivity index (χ4n) is 4.29. The molecule has 2 amide bonds. The number of nitrogens with zero attached hydrogens (tertiary/aromatic N) is 1. The van der Waals surface area contributed by atoms with Gasteiger partial charge in [0.15, 0.2) is 6.61 Å². The number of nitrogens with one attached hydrogen (secondary N) is 1. The van der Waals surface area contributed by atoms with Crippen LogP contribution >= 0.6 is 15.9 Å². The molecule has 6 heteroatoms. The lowest BCUT2D eigenvalue weighted by molar-refractivity contribution is -0.142. The molecule has 0 unspecified atom stereocenters. The third-order valence-corrected chi connectivity index (χ3v) is 6.75. The summed E-state index contributed by atoms with van der Waals surface area (Å²) in [4.78, 5) is 28.0. The molecule has 1 N–H and O–H groups in total. The Balaban J connectivity index is 1.74. The van der Waals surface area contributed by atoms with Crippen LogP contribution in [0.3, 0.4) is 0 Å². The van der Waals surface area contributed by atoms with Crippen LogP contribution in [0.5, 0.6) is 5.75 Å². The Morgan fingerprint density at radius 3 is 2.48 bits per heavy atom. The highest BCUT2D eigenvalue weighted by molar-refractivity contribution is 9.10. The normalized spacial score (nSPS) is 15.2. The molecule has 0 radical (unpaired) electrons. The number of amides is 2. The van der Waals surface area contributed by atoms with E-state index in [-0.39, 0.29) is 30.4 Å². The third-order valence-electron chi connectivity index (χ3n) is 6.25. The smallest absolute Gasteiger partial charge is 0.261 e. The molecule has 1 atom stereocenters. The zero-order valence-corrected chi connectivity index (χ0v) is 21.4. The first-order chi connectivity index (χ1) is 15.8. The van der Waals surface area contributed by atoms with Crippen molar-refractivity contribution in [1.29, 1.82) is 0 Å². The lowest BCUT2D eigenvalue weighted by Crippen LogP contribution is -2.51. The summed E-state index contributed by atoms with van der Waals surface area (Å²) in [6.45, 7) is 6.23. The summed E-state index contributed by atoms with van der Waals surface area (Å²) in [6.07, 6.45) is 5.52. The van der Waals surface area contributed by atoms with Gasteiger partial charge in [0.2, 0.25) is 5.91 Å². The molecular formula is C27H35BrN2O3. The first-order valence-electron chi connectivity index (χ1n) is 11.9. The fraction of sp³-hybridized carbons (Fsp3) is 0.481. The quantitative estimate of drug-likeness (QED) is 0.458. The zero-order chi connectivity index (χ0) is 23.8. The number of carbonyl (C=O) groups is 2. The average Bonchev–Trinajstić information content (AvgIpc) is 2.81. The van der Waals surface area contributed by atoms with E-state index in [1.807, 2.05) is 48.5 Å². The highest BCUT2D eigenvalue weighted by Gasteiger charge is 2.28. The molecule has 1 aliphatic rings. The number of para-hydroxylation sites is 1. The van der Waals surface area contributed by atoms with Crippen LogP contribution in [-0.4, -0.2) is 35.4 Å². The van der Waals surface area contributed by atoms with Gasteiger partial charge in [-0.25, -0.2) is 0 Å². The Hall–Kier alpha value is -2.34. The second-order valence-electron chi connectivity index (χ2n) is 9.15. The van der Waals surface area contributed by atoms with E-state index in [1.165, 1.54) is 6.42 Å². The average molecular weight is 515 g/mol. The molecule has 5 nitrogen and oxygen atoms in total. The number of halogens is 1. The zero-order valence-electron chi connectivity index (χ0n) is 19.9. The fourth-order valence-corrected chi connectivity index (χ4v) is 4.74. The number of carbonyl (C=O) groups excluding carboxylic acids is 2. The molecule has 1 aliphatic carbocycles. The van der Waals surface area contributed by atoms with Crippen LogP contribution in [0.1, 0.15) is 69.9 Å². The number of hydrogen-bond acceptors (Lipinski definition) is 3. The van der Waals surface area contributed by atoms with Crippen molar-refractivity contribution in [2.45, 2.75) is 77.4 Å². The van der Waals surface area contributed by atoms with Gasteiger partial charge in [-0.1, -0.05) is 79.4 Å². The molecule has 0 saturated heterocycles. The minimum atomic E-state index is -0.595. The van der Waals surface area contributed by atoms with Crippen LogP contribution in [-0.2, 0) is 16.1 Å². The van der Waals surface area contributed by atoms with E-state index in [0.717, 1.165) is 41.3 Å². The number of benzene rings is 2. The molecule has 178 valence electrons. The molecule has 0 aromatic heterocycles. The monoisotopic (exact) mass is 514 g/mol. The maximum Gasteiger partial charge on any atom is 0.261 e. The molecule has 2 aromatic rings. The van der Waals surface area contributed by atoms with E-state index in [4.69, 9.17) is 4.74 Å². The Bertz CT molecular complexity index is 940. The number of ether oxygens (including phenoxy) is 1. The Kier molecular flexibility index (Phi) is 9.36. The molecule has 1 fully saturated rings. The van der Waals surface area contributed by atoms with E-state index >= 15 is 0 Å². The van der Waals surface area contributed by atoms with Gasteiger partial charge in [0.05, 0.1) is 0 Å². The Labute approximate surface area is 206 Å². The summed E-state index contributed by atoms with van der Waals surface area (Å²) in [5.41, 5.74) is 2.02. The minimum absolute atomic E-state index is 0.104. The van der Waals surface area contributed by atoms with Crippen molar-refractivity contribution in [3.05, 3.63) is 64.1 Å². The van der Waals surface area contributed by atoms with E-state index in [1.54, 1.807) is 11.8 Å². The molecule has 1 saturated carbocycles. The van der Waals surface area contributed by atoms with E-state index < -0.39 is 6.04 Å². The maximum absolute atomic E-state index is 13.3. The van der Waals surface area contributed by atoms with Gasteiger partial charge in [-0.05, 0) is 55.0 Å². The maximum atomic E-state index is 13.3. The van der Waals surface area contributed by atoms with Crippen molar-refractivity contribution in [2.24, 2.45) is 0 Å². The van der Waals surface area contributed by atoms with Gasteiger partial charge >= 0.3 is 0 Å². The largest absolute Gasteiger partial charge is 0.483 e. The molecule has 0 spiro atoms. The predicted octanol–water partition coefficient (Wildman–Crippen LogP) is 5.82. The van der Waals surface area contributed by atoms with E-state index in [2.05, 4.69) is 35.1 Å². The SMILES string of the molecule is CC(C)c1ccccc1OCC(=O)N(Cc1cccc(Br)c1)[C@H](C)C(=O)NC1CCCCC1. The molecule has 2 aromatic carbocycles. The Morgan fingerprint density at radius 1 is 1.06 bits per heavy atom. The van der Waals surface area contributed by atoms with Crippen LogP contribution in [0, 0.1) is 0 Å². The lowest BCUT2D eigenvalue weighted by atomic mass is 9.95. The number of rotatable bonds is 9. The van der Waals surface area contributed by atoms with Crippen LogP contribution in [0.15, 0.2) is 53.0 Å². The molecule has 33 heavy (non-hydrogen) atoms. The van der Waals surface area contributed by atoms with Gasteiger partial charge in [-0.3, -0.25) is 9.59 Å². The molecular weight excluding hydrogens is 480 g/mol. The van der Waals surface area contributed by atoms with E-state index in [0.29, 0.717) is 12.3 Å². The van der Waals surface area contributed by atoms with Crippen LogP contribution in [0.25, 0.3) is 0 Å². The Morgan fingerprint density at radius 2 is 1.79 bits per heavy atom. The van der Waals surface area contributed by atoms with Crippen molar-refractivity contribution in [3.8, 4) is 5.75 Å². The second-order valence-corrected chi connectivity index (χ2v) is 10.1. The van der Waals surface area contributed by atoms with Crippen LogP contribution in [0.2, 0.25) is 0 Å². The number of hydrogen-bond donors (Lipinski definition) is 1. The van der Waals surface area contributed by atoms with Crippen molar-refractivity contribution in [3.63, 3.8) is 0 Å². The first-order valence-corrected chi connectivity index (χ1v) is 12.7. The van der Waals surface area contributed by atoms with Crippen molar-refractivity contribution < 1.29 is 14.3 Å². The topological polar surface area (TPSA) is 58.6 Å². The molecule has 0 aliphatic heterocycles. The van der Waals surface area contributed by atoms with E-state index in [9.17, 15) is 9.59 Å². The van der Waals surface area contributed by atoms with Crippen LogP contribution < -0.4 is 10.1 Å². The first kappa shape index (κ1) is 25.3. The van der Waals surface area contributed by atoms with Gasteiger partial charge in [-0.15, -0.1) is 0 Å². The predicted molar refractivity (Wildman–Crippen MR) is 135 cm³/mol. The standard InChI is InChI=1S/C27H35BrN2O3/c1-19(2)24-14-7-8-15-25(24)33-18-26(31)30(17-21-10-9-11-22(28)16-21)20(3)27(32)29-23-12-5-4-6-13-23/h7-11,14-16,19-20,23H,4-6,12-13,17-18H2,1-3H3,(H,29,32)/t20-/m1/s1. The van der Waals surface area contributed by atoms with Gasteiger partial charge in [0.1, 0.15) is 11.8 Å². The van der Waals surface area contributed by atoms with Crippen molar-refractivity contribution in [2.75, 3.05) is 6.61 Å². The van der Waals surface area contributed by atoms with Gasteiger partial charge < -0.3 is 15.0 Å². The summed E-state index contributed by atoms with van der Waals surface area (Å²) in [6, 6.07) is 15.2. The summed E-state index contributed by atoms with van der Waals surface area (Å²) >= 11 is 3.50. The van der Waals surface area contributed by atoms with Gasteiger partial charge in [0, 0.05) is 17.1 Å². The summed E-state index contributed by atoms with van der Waals surface area (Å²) in [7, 11) is 0. The van der Waals surface area contributed by atoms with Crippen molar-refractivity contribution >= 4 is 27.7 Å². The van der Waals surface area contributed by atoms with Crippen LogP contribution in [0.4, 0.5) is 0 Å². The molecule has 3 rings (SSSR count). The summed E-state index contributed by atoms with van der Waals surface area (Å²) < 4.78 is 6.89. The van der Waals surface area contributed by atoms with Gasteiger partial charge in [-0.2, -0.15) is 0 Å². The highest BCUT2D eigenvalue weighted by atomic mass is 79.9. The molecule has 0 bridgehead atoms. The molecule has 0 heterocycles. The summed E-state index contributed by atoms with van der Waals surface area (Å²) in [5, 5.41) is 3.17. The second kappa shape index (κ2) is 12.2. The lowest BCUT2D eigenvalue weighted by Gasteiger charge is -2.31.